The summed E-state index contributed by atoms with van der Waals surface area (Å²) < 4.78 is 1.61. The fourth-order valence-electron chi connectivity index (χ4n) is 1.34. The summed E-state index contributed by atoms with van der Waals surface area (Å²) in [6.07, 6.45) is 1.62. The number of rotatable bonds is 2. The molecule has 0 unspecified atom stereocenters. The number of aromatic amines is 1. The third-order valence-electron chi connectivity index (χ3n) is 2.02. The van der Waals surface area contributed by atoms with E-state index in [4.69, 9.17) is 5.11 Å². The van der Waals surface area contributed by atoms with Crippen molar-refractivity contribution in [3.8, 4) is 11.4 Å². The van der Waals surface area contributed by atoms with E-state index in [-0.39, 0.29) is 18.0 Å². The molecule has 2 rings (SSSR count). The minimum absolute atomic E-state index is 0.249. The fraction of sp³-hybridized carbons (Fsp3) is 0.222. The van der Waals surface area contributed by atoms with Crippen LogP contribution in [0.15, 0.2) is 23.1 Å². The highest BCUT2D eigenvalue weighted by atomic mass is 16.3. The Morgan fingerprint density at radius 1 is 1.60 bits per heavy atom. The molecular weight excluding hydrogens is 196 g/mol. The van der Waals surface area contributed by atoms with Crippen molar-refractivity contribution in [1.82, 2.24) is 19.7 Å². The lowest BCUT2D eigenvalue weighted by Crippen LogP contribution is -2.11. The maximum Gasteiger partial charge on any atom is 0.251 e. The highest BCUT2D eigenvalue weighted by Gasteiger charge is 2.06. The van der Waals surface area contributed by atoms with Gasteiger partial charge in [0.15, 0.2) is 0 Å². The van der Waals surface area contributed by atoms with Crippen LogP contribution in [0.2, 0.25) is 0 Å². The monoisotopic (exact) mass is 206 g/mol. The van der Waals surface area contributed by atoms with Crippen LogP contribution in [0, 0.1) is 0 Å². The maximum atomic E-state index is 11.2. The largest absolute Gasteiger partial charge is 0.388 e. The normalized spacial score (nSPS) is 10.5. The fourth-order valence-corrected chi connectivity index (χ4v) is 1.34. The molecule has 0 saturated heterocycles. The number of nitrogens with one attached hydrogen (secondary N) is 1. The SMILES string of the molecule is Cn1nccc1-c1cc(=O)[nH]c(CO)n1. The molecule has 0 bridgehead atoms. The zero-order valence-corrected chi connectivity index (χ0v) is 8.14. The van der Waals surface area contributed by atoms with Gasteiger partial charge in [-0.05, 0) is 6.07 Å². The highest BCUT2D eigenvalue weighted by Crippen LogP contribution is 2.12. The molecule has 2 aromatic rings. The molecule has 0 saturated carbocycles. The number of hydrogen-bond donors (Lipinski definition) is 2. The second-order valence-corrected chi connectivity index (χ2v) is 3.08. The smallest absolute Gasteiger partial charge is 0.251 e. The first-order chi connectivity index (χ1) is 7.20. The summed E-state index contributed by atoms with van der Waals surface area (Å²) in [4.78, 5) is 17.8. The zero-order chi connectivity index (χ0) is 10.8. The van der Waals surface area contributed by atoms with Crippen molar-refractivity contribution >= 4 is 0 Å². The Labute approximate surface area is 85.2 Å². The van der Waals surface area contributed by atoms with E-state index in [1.807, 2.05) is 0 Å². The Morgan fingerprint density at radius 3 is 3.00 bits per heavy atom. The average molecular weight is 206 g/mol. The van der Waals surface area contributed by atoms with Gasteiger partial charge < -0.3 is 10.1 Å². The van der Waals surface area contributed by atoms with E-state index in [1.165, 1.54) is 6.07 Å². The quantitative estimate of drug-likeness (QED) is 0.704. The first kappa shape index (κ1) is 9.60. The summed E-state index contributed by atoms with van der Waals surface area (Å²) in [7, 11) is 1.76. The Hall–Kier alpha value is -1.95. The van der Waals surface area contributed by atoms with Crippen LogP contribution in [0.3, 0.4) is 0 Å². The van der Waals surface area contributed by atoms with E-state index in [0.717, 1.165) is 5.69 Å². The standard InChI is InChI=1S/C9H10N4O2/c1-13-7(2-3-10-13)6-4-9(15)12-8(5-14)11-6/h2-4,14H,5H2,1H3,(H,11,12,15). The summed E-state index contributed by atoms with van der Waals surface area (Å²) in [5, 5.41) is 12.9. The molecule has 0 radical (unpaired) electrons. The minimum atomic E-state index is -0.291. The number of hydrogen-bond acceptors (Lipinski definition) is 4. The molecule has 0 aliphatic carbocycles. The van der Waals surface area contributed by atoms with Gasteiger partial charge in [-0.3, -0.25) is 9.48 Å². The topological polar surface area (TPSA) is 83.8 Å². The zero-order valence-electron chi connectivity index (χ0n) is 8.14. The molecule has 6 heteroatoms. The molecular formula is C9H10N4O2. The van der Waals surface area contributed by atoms with Crippen LogP contribution in [0.1, 0.15) is 5.82 Å². The lowest BCUT2D eigenvalue weighted by atomic mass is 10.3. The summed E-state index contributed by atoms with van der Waals surface area (Å²) >= 11 is 0. The molecule has 0 aromatic carbocycles. The van der Waals surface area contributed by atoms with E-state index in [1.54, 1.807) is 24.0 Å². The van der Waals surface area contributed by atoms with Crippen molar-refractivity contribution in [1.29, 1.82) is 0 Å². The van der Waals surface area contributed by atoms with Crippen LogP contribution >= 0.6 is 0 Å². The third-order valence-corrected chi connectivity index (χ3v) is 2.02. The number of H-pyrrole nitrogens is 1. The van der Waals surface area contributed by atoms with Crippen LogP contribution in [0.4, 0.5) is 0 Å². The van der Waals surface area contributed by atoms with E-state index >= 15 is 0 Å². The third kappa shape index (κ3) is 1.79. The van der Waals surface area contributed by atoms with E-state index in [9.17, 15) is 4.79 Å². The molecule has 2 heterocycles. The van der Waals surface area contributed by atoms with Gasteiger partial charge in [0.05, 0.1) is 11.4 Å². The van der Waals surface area contributed by atoms with Crippen LogP contribution in [0.5, 0.6) is 0 Å². The van der Waals surface area contributed by atoms with Gasteiger partial charge in [-0.2, -0.15) is 5.10 Å². The first-order valence-electron chi connectivity index (χ1n) is 4.40. The van der Waals surface area contributed by atoms with Gasteiger partial charge >= 0.3 is 0 Å². The van der Waals surface area contributed by atoms with Gasteiger partial charge in [0.25, 0.3) is 5.56 Å². The van der Waals surface area contributed by atoms with Gasteiger partial charge in [0.1, 0.15) is 12.4 Å². The second-order valence-electron chi connectivity index (χ2n) is 3.08. The van der Waals surface area contributed by atoms with Crippen molar-refractivity contribution in [2.24, 2.45) is 7.05 Å². The predicted molar refractivity (Wildman–Crippen MR) is 53.0 cm³/mol. The molecule has 0 aliphatic heterocycles. The second kappa shape index (κ2) is 3.66. The number of nitrogens with zero attached hydrogens (tertiary/aromatic N) is 3. The number of aryl methyl sites for hydroxylation is 1. The predicted octanol–water partition coefficient (Wildman–Crippen LogP) is -0.337. The molecule has 2 N–H and O–H groups in total. The molecule has 2 aromatic heterocycles. The average Bonchev–Trinajstić information content (AvgIpc) is 2.63. The number of aromatic nitrogens is 4. The van der Waals surface area contributed by atoms with Crippen molar-refractivity contribution < 1.29 is 5.11 Å². The molecule has 0 amide bonds. The number of aliphatic hydroxyl groups is 1. The van der Waals surface area contributed by atoms with Crippen molar-refractivity contribution in [2.45, 2.75) is 6.61 Å². The Kier molecular flexibility index (Phi) is 2.34. The van der Waals surface area contributed by atoms with Crippen molar-refractivity contribution in [3.63, 3.8) is 0 Å². The van der Waals surface area contributed by atoms with E-state index in [0.29, 0.717) is 5.69 Å². The number of aliphatic hydroxyl groups excluding tert-OH is 1. The van der Waals surface area contributed by atoms with Crippen molar-refractivity contribution in [3.05, 3.63) is 34.5 Å². The summed E-state index contributed by atoms with van der Waals surface area (Å²) in [5.41, 5.74) is 0.948. The van der Waals surface area contributed by atoms with Gasteiger partial charge in [-0.15, -0.1) is 0 Å². The molecule has 0 atom stereocenters. The van der Waals surface area contributed by atoms with E-state index in [2.05, 4.69) is 15.1 Å². The summed E-state index contributed by atoms with van der Waals surface area (Å²) in [6, 6.07) is 3.12. The summed E-state index contributed by atoms with van der Waals surface area (Å²) in [6.45, 7) is -0.291. The maximum absolute atomic E-state index is 11.2. The first-order valence-corrected chi connectivity index (χ1v) is 4.40. The van der Waals surface area contributed by atoms with Gasteiger partial charge in [-0.1, -0.05) is 0 Å². The van der Waals surface area contributed by atoms with Crippen molar-refractivity contribution in [2.75, 3.05) is 0 Å². The Bertz CT molecular complexity index is 529. The van der Waals surface area contributed by atoms with Crippen LogP contribution < -0.4 is 5.56 Å². The molecule has 0 fully saturated rings. The van der Waals surface area contributed by atoms with Gasteiger partial charge in [0, 0.05) is 19.3 Å². The van der Waals surface area contributed by atoms with Crippen LogP contribution in [-0.4, -0.2) is 24.9 Å². The lowest BCUT2D eigenvalue weighted by Gasteiger charge is -2.02. The molecule has 15 heavy (non-hydrogen) atoms. The molecule has 78 valence electrons. The van der Waals surface area contributed by atoms with E-state index < -0.39 is 0 Å². The van der Waals surface area contributed by atoms with Crippen LogP contribution in [0.25, 0.3) is 11.4 Å². The Balaban J connectivity index is 2.58. The summed E-state index contributed by atoms with van der Waals surface area (Å²) in [5.74, 6) is 0.249. The molecule has 0 spiro atoms. The molecule has 0 aliphatic rings. The Morgan fingerprint density at radius 2 is 2.40 bits per heavy atom. The minimum Gasteiger partial charge on any atom is -0.388 e. The van der Waals surface area contributed by atoms with Gasteiger partial charge in [-0.25, -0.2) is 4.98 Å². The highest BCUT2D eigenvalue weighted by molar-refractivity contribution is 5.53. The lowest BCUT2D eigenvalue weighted by molar-refractivity contribution is 0.271. The molecule has 6 nitrogen and oxygen atoms in total. The van der Waals surface area contributed by atoms with Gasteiger partial charge in [0.2, 0.25) is 0 Å². The van der Waals surface area contributed by atoms with Crippen LogP contribution in [-0.2, 0) is 13.7 Å².